The topological polar surface area (TPSA) is 33.3 Å². The third-order valence-electron chi connectivity index (χ3n) is 3.61. The molecule has 0 bridgehead atoms. The van der Waals surface area contributed by atoms with Crippen LogP contribution in [0.15, 0.2) is 24.3 Å². The van der Waals surface area contributed by atoms with Gasteiger partial charge in [0.1, 0.15) is 5.75 Å². The number of rotatable bonds is 6. The zero-order valence-corrected chi connectivity index (χ0v) is 12.1. The molecular weight excluding hydrogens is 236 g/mol. The molecule has 1 saturated heterocycles. The summed E-state index contributed by atoms with van der Waals surface area (Å²) in [7, 11) is 0. The van der Waals surface area contributed by atoms with E-state index in [9.17, 15) is 0 Å². The predicted molar refractivity (Wildman–Crippen MR) is 81.0 cm³/mol. The number of piperidine rings is 1. The van der Waals surface area contributed by atoms with Gasteiger partial charge in [-0.25, -0.2) is 0 Å². The van der Waals surface area contributed by atoms with Crippen LogP contribution in [0.2, 0.25) is 0 Å². The molecule has 3 heteroatoms. The van der Waals surface area contributed by atoms with E-state index in [1.165, 1.54) is 32.2 Å². The summed E-state index contributed by atoms with van der Waals surface area (Å²) in [6, 6.07) is 9.38. The summed E-state index contributed by atoms with van der Waals surface area (Å²) in [4.78, 5) is 0. The van der Waals surface area contributed by atoms with E-state index in [-0.39, 0.29) is 0 Å². The molecular formula is C16H26N2O. The van der Waals surface area contributed by atoms with E-state index in [4.69, 9.17) is 4.74 Å². The van der Waals surface area contributed by atoms with Gasteiger partial charge in [0.2, 0.25) is 0 Å². The van der Waals surface area contributed by atoms with Crippen molar-refractivity contribution in [3.05, 3.63) is 24.3 Å². The normalized spacial score (nSPS) is 20.8. The first-order valence-corrected chi connectivity index (χ1v) is 7.50. The zero-order chi connectivity index (χ0) is 13.5. The van der Waals surface area contributed by atoms with Crippen molar-refractivity contribution >= 4 is 5.69 Å². The Morgan fingerprint density at radius 2 is 2.32 bits per heavy atom. The molecule has 19 heavy (non-hydrogen) atoms. The number of hydrogen-bond acceptors (Lipinski definition) is 3. The second-order valence-electron chi connectivity index (χ2n) is 5.39. The van der Waals surface area contributed by atoms with Gasteiger partial charge in [-0.3, -0.25) is 0 Å². The molecule has 0 aliphatic carbocycles. The molecule has 2 unspecified atom stereocenters. The molecule has 1 aliphatic heterocycles. The lowest BCUT2D eigenvalue weighted by Gasteiger charge is -2.27. The van der Waals surface area contributed by atoms with Crippen LogP contribution in [-0.2, 0) is 0 Å². The van der Waals surface area contributed by atoms with Gasteiger partial charge in [-0.1, -0.05) is 12.5 Å². The van der Waals surface area contributed by atoms with Gasteiger partial charge in [0, 0.05) is 23.8 Å². The van der Waals surface area contributed by atoms with Crippen LogP contribution < -0.4 is 15.4 Å². The standard InChI is InChI=1S/C16H26N2O/c1-3-19-16-9-6-8-15(12-16)18-13(2)11-14-7-4-5-10-17-14/h6,8-9,12-14,17-18H,3-5,7,10-11H2,1-2H3. The first-order valence-electron chi connectivity index (χ1n) is 7.50. The SMILES string of the molecule is CCOc1cccc(NC(C)CC2CCCCN2)c1. The number of ether oxygens (including phenoxy) is 1. The third-order valence-corrected chi connectivity index (χ3v) is 3.61. The average molecular weight is 262 g/mol. The van der Waals surface area contributed by atoms with Crippen LogP contribution in [0.25, 0.3) is 0 Å². The summed E-state index contributed by atoms with van der Waals surface area (Å²) in [5.74, 6) is 0.940. The molecule has 1 aliphatic rings. The maximum Gasteiger partial charge on any atom is 0.121 e. The molecule has 0 saturated carbocycles. The van der Waals surface area contributed by atoms with Crippen LogP contribution in [0.4, 0.5) is 5.69 Å². The van der Waals surface area contributed by atoms with Gasteiger partial charge in [-0.15, -0.1) is 0 Å². The molecule has 1 heterocycles. The fourth-order valence-corrected chi connectivity index (χ4v) is 2.74. The van der Waals surface area contributed by atoms with E-state index in [0.29, 0.717) is 18.7 Å². The Morgan fingerprint density at radius 1 is 1.42 bits per heavy atom. The van der Waals surface area contributed by atoms with Crippen LogP contribution in [0, 0.1) is 0 Å². The van der Waals surface area contributed by atoms with Crippen molar-refractivity contribution < 1.29 is 4.74 Å². The highest BCUT2D eigenvalue weighted by Crippen LogP contribution is 2.20. The highest BCUT2D eigenvalue weighted by molar-refractivity contribution is 5.48. The Bertz CT molecular complexity index is 375. The monoisotopic (exact) mass is 262 g/mol. The van der Waals surface area contributed by atoms with Crippen molar-refractivity contribution in [1.29, 1.82) is 0 Å². The molecule has 0 aromatic heterocycles. The number of anilines is 1. The summed E-state index contributed by atoms with van der Waals surface area (Å²) < 4.78 is 5.53. The summed E-state index contributed by atoms with van der Waals surface area (Å²) in [5.41, 5.74) is 1.15. The third kappa shape index (κ3) is 4.75. The number of hydrogen-bond donors (Lipinski definition) is 2. The molecule has 0 amide bonds. The predicted octanol–water partition coefficient (Wildman–Crippen LogP) is 3.42. The summed E-state index contributed by atoms with van der Waals surface area (Å²) in [6.45, 7) is 6.16. The highest BCUT2D eigenvalue weighted by atomic mass is 16.5. The lowest BCUT2D eigenvalue weighted by Crippen LogP contribution is -2.37. The summed E-state index contributed by atoms with van der Waals surface area (Å²) in [6.07, 6.45) is 5.18. The van der Waals surface area contributed by atoms with E-state index >= 15 is 0 Å². The molecule has 3 nitrogen and oxygen atoms in total. The zero-order valence-electron chi connectivity index (χ0n) is 12.1. The lowest BCUT2D eigenvalue weighted by atomic mass is 9.98. The molecule has 2 N–H and O–H groups in total. The van der Waals surface area contributed by atoms with Gasteiger partial charge in [-0.05, 0) is 51.8 Å². The van der Waals surface area contributed by atoms with Crippen LogP contribution in [0.5, 0.6) is 5.75 Å². The fraction of sp³-hybridized carbons (Fsp3) is 0.625. The van der Waals surface area contributed by atoms with E-state index in [1.54, 1.807) is 0 Å². The maximum atomic E-state index is 5.53. The number of nitrogens with one attached hydrogen (secondary N) is 2. The van der Waals surface area contributed by atoms with Crippen molar-refractivity contribution in [1.82, 2.24) is 5.32 Å². The summed E-state index contributed by atoms with van der Waals surface area (Å²) >= 11 is 0. The lowest BCUT2D eigenvalue weighted by molar-refractivity contribution is 0.340. The van der Waals surface area contributed by atoms with Crippen LogP contribution in [0.1, 0.15) is 39.5 Å². The average Bonchev–Trinajstić information content (AvgIpc) is 2.40. The molecule has 0 radical (unpaired) electrons. The van der Waals surface area contributed by atoms with E-state index in [1.807, 2.05) is 19.1 Å². The van der Waals surface area contributed by atoms with E-state index < -0.39 is 0 Å². The Hall–Kier alpha value is -1.22. The van der Waals surface area contributed by atoms with Crippen molar-refractivity contribution in [3.8, 4) is 5.75 Å². The van der Waals surface area contributed by atoms with E-state index in [2.05, 4.69) is 29.7 Å². The van der Waals surface area contributed by atoms with Crippen LogP contribution in [0.3, 0.4) is 0 Å². The number of benzene rings is 1. The first kappa shape index (κ1) is 14.2. The van der Waals surface area contributed by atoms with E-state index in [0.717, 1.165) is 11.4 Å². The van der Waals surface area contributed by atoms with Gasteiger partial charge in [0.05, 0.1) is 6.61 Å². The maximum absolute atomic E-state index is 5.53. The van der Waals surface area contributed by atoms with Gasteiger partial charge >= 0.3 is 0 Å². The smallest absolute Gasteiger partial charge is 0.121 e. The molecule has 1 fully saturated rings. The second kappa shape index (κ2) is 7.39. The highest BCUT2D eigenvalue weighted by Gasteiger charge is 2.15. The van der Waals surface area contributed by atoms with Crippen molar-refractivity contribution in [3.63, 3.8) is 0 Å². The van der Waals surface area contributed by atoms with Crippen molar-refractivity contribution in [2.75, 3.05) is 18.5 Å². The minimum atomic E-state index is 0.479. The fourth-order valence-electron chi connectivity index (χ4n) is 2.74. The minimum absolute atomic E-state index is 0.479. The molecule has 1 aromatic carbocycles. The largest absolute Gasteiger partial charge is 0.494 e. The Morgan fingerprint density at radius 3 is 3.05 bits per heavy atom. The quantitative estimate of drug-likeness (QED) is 0.824. The van der Waals surface area contributed by atoms with Crippen molar-refractivity contribution in [2.24, 2.45) is 0 Å². The molecule has 2 atom stereocenters. The Balaban J connectivity index is 1.83. The molecule has 0 spiro atoms. The van der Waals surface area contributed by atoms with Gasteiger partial charge in [0.25, 0.3) is 0 Å². The Kier molecular flexibility index (Phi) is 5.52. The molecule has 1 aromatic rings. The van der Waals surface area contributed by atoms with Gasteiger partial charge < -0.3 is 15.4 Å². The van der Waals surface area contributed by atoms with Gasteiger partial charge in [0.15, 0.2) is 0 Å². The minimum Gasteiger partial charge on any atom is -0.494 e. The van der Waals surface area contributed by atoms with Crippen LogP contribution >= 0.6 is 0 Å². The van der Waals surface area contributed by atoms with Crippen molar-refractivity contribution in [2.45, 2.75) is 51.6 Å². The second-order valence-corrected chi connectivity index (χ2v) is 5.39. The molecule has 2 rings (SSSR count). The first-order chi connectivity index (χ1) is 9.28. The summed E-state index contributed by atoms with van der Waals surface area (Å²) in [5, 5.41) is 7.17. The van der Waals surface area contributed by atoms with Crippen LogP contribution in [-0.4, -0.2) is 25.2 Å². The molecule has 106 valence electrons. The Labute approximate surface area is 116 Å². The van der Waals surface area contributed by atoms with Gasteiger partial charge in [-0.2, -0.15) is 0 Å².